The zero-order valence-electron chi connectivity index (χ0n) is 9.39. The minimum Gasteiger partial charge on any atom is -0.296 e. The zero-order valence-corrected chi connectivity index (χ0v) is 11.0. The summed E-state index contributed by atoms with van der Waals surface area (Å²) in [5.74, 6) is -0.689. The second kappa shape index (κ2) is 4.20. The van der Waals surface area contributed by atoms with Gasteiger partial charge in [0.25, 0.3) is 0 Å². The van der Waals surface area contributed by atoms with E-state index in [1.54, 1.807) is 10.7 Å². The van der Waals surface area contributed by atoms with Crippen molar-refractivity contribution in [2.24, 2.45) is 0 Å². The Kier molecular flexibility index (Phi) is 2.66. The SMILES string of the molecule is O=C1CCC(c2ccc3c(Br)cnn3c2)C(=O)N1. The van der Waals surface area contributed by atoms with Gasteiger partial charge in [-0.2, -0.15) is 5.10 Å². The first kappa shape index (κ1) is 11.4. The number of imide groups is 1. The van der Waals surface area contributed by atoms with Crippen molar-refractivity contribution in [2.45, 2.75) is 18.8 Å². The first-order chi connectivity index (χ1) is 8.65. The van der Waals surface area contributed by atoms with E-state index >= 15 is 0 Å². The fraction of sp³-hybridized carbons (Fsp3) is 0.250. The molecule has 1 N–H and O–H groups in total. The van der Waals surface area contributed by atoms with Gasteiger partial charge in [-0.25, -0.2) is 4.52 Å². The Morgan fingerprint density at radius 2 is 2.22 bits per heavy atom. The van der Waals surface area contributed by atoms with Gasteiger partial charge in [0.1, 0.15) is 0 Å². The monoisotopic (exact) mass is 307 g/mol. The lowest BCUT2D eigenvalue weighted by Gasteiger charge is -2.20. The smallest absolute Gasteiger partial charge is 0.234 e. The summed E-state index contributed by atoms with van der Waals surface area (Å²) in [7, 11) is 0. The van der Waals surface area contributed by atoms with Crippen LogP contribution in [-0.4, -0.2) is 21.4 Å². The van der Waals surface area contributed by atoms with E-state index in [1.165, 1.54) is 0 Å². The van der Waals surface area contributed by atoms with Crippen molar-refractivity contribution in [3.8, 4) is 0 Å². The van der Waals surface area contributed by atoms with Crippen LogP contribution < -0.4 is 5.32 Å². The van der Waals surface area contributed by atoms with Gasteiger partial charge in [0.05, 0.1) is 22.1 Å². The third-order valence-electron chi connectivity index (χ3n) is 3.13. The summed E-state index contributed by atoms with van der Waals surface area (Å²) in [5.41, 5.74) is 1.83. The van der Waals surface area contributed by atoms with E-state index in [4.69, 9.17) is 0 Å². The standard InChI is InChI=1S/C12H10BrN3O2/c13-9-5-14-16-6-7(1-3-10(9)16)8-2-4-11(17)15-12(8)18/h1,3,5-6,8H,2,4H2,(H,15,17,18). The van der Waals surface area contributed by atoms with Crippen molar-refractivity contribution in [2.75, 3.05) is 0 Å². The van der Waals surface area contributed by atoms with Crippen LogP contribution in [0.15, 0.2) is 29.0 Å². The van der Waals surface area contributed by atoms with Crippen LogP contribution in [0.25, 0.3) is 5.52 Å². The second-order valence-corrected chi connectivity index (χ2v) is 5.14. The molecule has 2 aromatic heterocycles. The maximum absolute atomic E-state index is 11.8. The van der Waals surface area contributed by atoms with E-state index in [-0.39, 0.29) is 17.7 Å². The van der Waals surface area contributed by atoms with Crippen LogP contribution in [0, 0.1) is 0 Å². The van der Waals surface area contributed by atoms with E-state index in [9.17, 15) is 9.59 Å². The number of halogens is 1. The average Bonchev–Trinajstić information content (AvgIpc) is 2.71. The van der Waals surface area contributed by atoms with Crippen LogP contribution in [0.2, 0.25) is 0 Å². The van der Waals surface area contributed by atoms with Crippen molar-refractivity contribution in [3.05, 3.63) is 34.6 Å². The fourth-order valence-corrected chi connectivity index (χ4v) is 2.59. The molecule has 6 heteroatoms. The van der Waals surface area contributed by atoms with Crippen molar-refractivity contribution in [1.29, 1.82) is 0 Å². The Hall–Kier alpha value is -1.69. The molecule has 1 aliphatic rings. The Bertz CT molecular complexity index is 650. The average molecular weight is 308 g/mol. The molecule has 92 valence electrons. The maximum atomic E-state index is 11.8. The van der Waals surface area contributed by atoms with E-state index in [0.29, 0.717) is 12.8 Å². The number of nitrogens with one attached hydrogen (secondary N) is 1. The summed E-state index contributed by atoms with van der Waals surface area (Å²) >= 11 is 3.40. The number of fused-ring (bicyclic) bond motifs is 1. The number of nitrogens with zero attached hydrogens (tertiary/aromatic N) is 2. The third kappa shape index (κ3) is 1.82. The second-order valence-electron chi connectivity index (χ2n) is 4.29. The van der Waals surface area contributed by atoms with E-state index in [1.807, 2.05) is 18.3 Å². The van der Waals surface area contributed by atoms with Gasteiger partial charge in [0.15, 0.2) is 0 Å². The number of piperidine rings is 1. The normalized spacial score (nSPS) is 20.2. The fourth-order valence-electron chi connectivity index (χ4n) is 2.19. The predicted octanol–water partition coefficient (Wildman–Crippen LogP) is 1.62. The number of amides is 2. The molecule has 1 fully saturated rings. The number of pyridine rings is 1. The summed E-state index contributed by atoms with van der Waals surface area (Å²) in [5, 5.41) is 6.55. The van der Waals surface area contributed by atoms with Crippen molar-refractivity contribution in [1.82, 2.24) is 14.9 Å². The minimum absolute atomic E-state index is 0.195. The summed E-state index contributed by atoms with van der Waals surface area (Å²) in [6, 6.07) is 3.82. The molecule has 3 rings (SSSR count). The Morgan fingerprint density at radius 1 is 1.39 bits per heavy atom. The molecule has 1 saturated heterocycles. The lowest BCUT2D eigenvalue weighted by molar-refractivity contribution is -0.134. The van der Waals surface area contributed by atoms with Crippen LogP contribution in [0.5, 0.6) is 0 Å². The first-order valence-electron chi connectivity index (χ1n) is 5.61. The molecule has 0 bridgehead atoms. The molecule has 2 amide bonds. The topological polar surface area (TPSA) is 63.5 Å². The number of aromatic nitrogens is 2. The molecule has 2 aromatic rings. The molecule has 0 aromatic carbocycles. The maximum Gasteiger partial charge on any atom is 0.234 e. The van der Waals surface area contributed by atoms with Crippen LogP contribution in [0.3, 0.4) is 0 Å². The van der Waals surface area contributed by atoms with Crippen LogP contribution in [0.4, 0.5) is 0 Å². The molecule has 1 aliphatic heterocycles. The summed E-state index contributed by atoms with van der Waals surface area (Å²) in [6.45, 7) is 0. The summed E-state index contributed by atoms with van der Waals surface area (Å²) in [6.07, 6.45) is 4.49. The quantitative estimate of drug-likeness (QED) is 0.814. The van der Waals surface area contributed by atoms with Gasteiger partial charge in [-0.1, -0.05) is 6.07 Å². The number of rotatable bonds is 1. The highest BCUT2D eigenvalue weighted by molar-refractivity contribution is 9.10. The van der Waals surface area contributed by atoms with Gasteiger partial charge in [-0.15, -0.1) is 0 Å². The third-order valence-corrected chi connectivity index (χ3v) is 3.74. The first-order valence-corrected chi connectivity index (χ1v) is 6.41. The molecule has 0 aliphatic carbocycles. The van der Waals surface area contributed by atoms with Gasteiger partial charge >= 0.3 is 0 Å². The molecule has 0 radical (unpaired) electrons. The van der Waals surface area contributed by atoms with Crippen LogP contribution in [0.1, 0.15) is 24.3 Å². The van der Waals surface area contributed by atoms with Crippen molar-refractivity contribution >= 4 is 33.3 Å². The highest BCUT2D eigenvalue weighted by Crippen LogP contribution is 2.26. The van der Waals surface area contributed by atoms with E-state index < -0.39 is 0 Å². The lowest BCUT2D eigenvalue weighted by Crippen LogP contribution is -2.39. The number of carbonyl (C=O) groups is 2. The summed E-state index contributed by atoms with van der Waals surface area (Å²) < 4.78 is 2.64. The number of carbonyl (C=O) groups excluding carboxylic acids is 2. The highest BCUT2D eigenvalue weighted by atomic mass is 79.9. The highest BCUT2D eigenvalue weighted by Gasteiger charge is 2.28. The predicted molar refractivity (Wildman–Crippen MR) is 68.0 cm³/mol. The lowest BCUT2D eigenvalue weighted by atomic mass is 9.92. The van der Waals surface area contributed by atoms with Crippen molar-refractivity contribution < 1.29 is 9.59 Å². The Labute approximate surface area is 111 Å². The molecule has 1 atom stereocenters. The largest absolute Gasteiger partial charge is 0.296 e. The van der Waals surface area contributed by atoms with E-state index in [2.05, 4.69) is 26.3 Å². The van der Waals surface area contributed by atoms with Gasteiger partial charge < -0.3 is 0 Å². The van der Waals surface area contributed by atoms with Gasteiger partial charge in [-0.3, -0.25) is 14.9 Å². The number of hydrogen-bond acceptors (Lipinski definition) is 3. The van der Waals surface area contributed by atoms with Gasteiger partial charge in [-0.05, 0) is 34.0 Å². The summed E-state index contributed by atoms with van der Waals surface area (Å²) in [4.78, 5) is 22.9. The Balaban J connectivity index is 1.99. The zero-order chi connectivity index (χ0) is 12.7. The molecular formula is C12H10BrN3O2. The van der Waals surface area contributed by atoms with Gasteiger partial charge in [0.2, 0.25) is 11.8 Å². The number of hydrogen-bond donors (Lipinski definition) is 1. The molecular weight excluding hydrogens is 298 g/mol. The van der Waals surface area contributed by atoms with Crippen LogP contribution >= 0.6 is 15.9 Å². The van der Waals surface area contributed by atoms with E-state index in [0.717, 1.165) is 15.6 Å². The molecule has 0 spiro atoms. The molecule has 0 saturated carbocycles. The van der Waals surface area contributed by atoms with Gasteiger partial charge in [0, 0.05) is 12.6 Å². The molecule has 18 heavy (non-hydrogen) atoms. The molecule has 5 nitrogen and oxygen atoms in total. The van der Waals surface area contributed by atoms with Crippen molar-refractivity contribution in [3.63, 3.8) is 0 Å². The minimum atomic E-state index is -0.268. The molecule has 3 heterocycles. The van der Waals surface area contributed by atoms with Crippen LogP contribution in [-0.2, 0) is 9.59 Å². The Morgan fingerprint density at radius 3 is 3.00 bits per heavy atom. The molecule has 1 unspecified atom stereocenters.